The van der Waals surface area contributed by atoms with Crippen molar-refractivity contribution in [3.05, 3.63) is 107 Å². The van der Waals surface area contributed by atoms with Crippen molar-refractivity contribution in [3.8, 4) is 0 Å². The number of hydrogen-bond donors (Lipinski definition) is 1. The Hall–Kier alpha value is -3.62. The number of ether oxygens (including phenoxy) is 1. The van der Waals surface area contributed by atoms with Crippen LogP contribution in [0, 0.1) is 17.6 Å². The summed E-state index contributed by atoms with van der Waals surface area (Å²) in [5.41, 5.74) is 1.56. The molecule has 3 aliphatic heterocycles. The molecular weight excluding hydrogens is 518 g/mol. The minimum atomic E-state index is -0.964. The maximum atomic E-state index is 14.0. The van der Waals surface area contributed by atoms with Gasteiger partial charge >= 0.3 is 6.09 Å². The van der Waals surface area contributed by atoms with Crippen LogP contribution in [-0.2, 0) is 4.74 Å². The topological polar surface area (TPSA) is 55.4 Å². The number of thiophene rings is 1. The van der Waals surface area contributed by atoms with Gasteiger partial charge in [-0.25, -0.2) is 13.6 Å². The molecule has 3 fully saturated rings. The highest BCUT2D eigenvalue weighted by Gasteiger charge is 2.47. The quantitative estimate of drug-likeness (QED) is 0.213. The number of rotatable bonds is 7. The van der Waals surface area contributed by atoms with Crippen molar-refractivity contribution in [2.45, 2.75) is 25.0 Å². The van der Waals surface area contributed by atoms with Gasteiger partial charge < -0.3 is 14.5 Å². The molecule has 1 aromatic heterocycles. The Morgan fingerprint density at radius 3 is 2.31 bits per heavy atom. The molecule has 3 aliphatic rings. The molecule has 1 N–H and O–H groups in total. The minimum Gasteiger partial charge on any atom is -0.436 e. The summed E-state index contributed by atoms with van der Waals surface area (Å²) in [5.74, 6) is -0.521. The van der Waals surface area contributed by atoms with Gasteiger partial charge in [0.25, 0.3) is 0 Å². The average Bonchev–Trinajstić information content (AvgIpc) is 3.40. The van der Waals surface area contributed by atoms with Crippen LogP contribution in [0.1, 0.15) is 40.4 Å². The second kappa shape index (κ2) is 10.5. The summed E-state index contributed by atoms with van der Waals surface area (Å²) in [6.07, 6.45) is 0.228. The summed E-state index contributed by atoms with van der Waals surface area (Å²) in [4.78, 5) is 26.5. The zero-order valence-electron chi connectivity index (χ0n) is 21.3. The number of carbonyl (C=O) groups excluding carboxylic acids is 2. The van der Waals surface area contributed by atoms with E-state index >= 15 is 0 Å². The van der Waals surface area contributed by atoms with E-state index in [0.717, 1.165) is 41.6 Å². The Labute approximate surface area is 229 Å². The zero-order chi connectivity index (χ0) is 27.0. The van der Waals surface area contributed by atoms with E-state index in [2.05, 4.69) is 5.32 Å². The molecule has 0 spiro atoms. The molecule has 0 aliphatic carbocycles. The Kier molecular flexibility index (Phi) is 6.91. The number of hydrogen-bond acceptors (Lipinski definition) is 4. The number of alkyl carbamates (subject to hydrolysis) is 1. The number of piperidine rings is 3. The molecule has 7 rings (SSSR count). The van der Waals surface area contributed by atoms with Crippen LogP contribution < -0.4 is 5.32 Å². The van der Waals surface area contributed by atoms with Gasteiger partial charge in [-0.3, -0.25) is 4.79 Å². The molecule has 5 nitrogen and oxygen atoms in total. The zero-order valence-corrected chi connectivity index (χ0v) is 22.1. The van der Waals surface area contributed by atoms with Crippen LogP contribution >= 0.6 is 11.3 Å². The lowest BCUT2D eigenvalue weighted by Gasteiger charge is -2.52. The summed E-state index contributed by atoms with van der Waals surface area (Å²) in [6, 6.07) is 19.3. The SMILES string of the molecule is O=C(N[C@H]1C[N+]2(CC(=O)c3ccc4sccc4c3)CCC1CC2)OC(c1cccc(F)c1)c1cccc(F)c1. The highest BCUT2D eigenvalue weighted by molar-refractivity contribution is 7.17. The number of halogens is 2. The van der Waals surface area contributed by atoms with Crippen LogP contribution in [0.5, 0.6) is 0 Å². The molecule has 0 saturated carbocycles. The van der Waals surface area contributed by atoms with Gasteiger partial charge in [-0.15, -0.1) is 11.3 Å². The van der Waals surface area contributed by atoms with Gasteiger partial charge in [0.05, 0.1) is 25.7 Å². The molecule has 1 atom stereocenters. The predicted molar refractivity (Wildman–Crippen MR) is 147 cm³/mol. The number of nitrogens with one attached hydrogen (secondary N) is 1. The lowest BCUT2D eigenvalue weighted by atomic mass is 9.81. The molecule has 1 amide bonds. The summed E-state index contributed by atoms with van der Waals surface area (Å²) in [7, 11) is 0. The fourth-order valence-electron chi connectivity index (χ4n) is 6.17. The van der Waals surface area contributed by atoms with Crippen molar-refractivity contribution in [2.75, 3.05) is 26.2 Å². The first-order chi connectivity index (χ1) is 18.9. The van der Waals surface area contributed by atoms with Gasteiger partial charge in [0.2, 0.25) is 5.78 Å². The lowest BCUT2D eigenvalue weighted by molar-refractivity contribution is -0.936. The Balaban J connectivity index is 1.16. The second-order valence-corrected chi connectivity index (χ2v) is 11.7. The lowest BCUT2D eigenvalue weighted by Crippen LogP contribution is -2.68. The molecule has 3 saturated heterocycles. The predicted octanol–water partition coefficient (Wildman–Crippen LogP) is 6.49. The Morgan fingerprint density at radius 1 is 0.949 bits per heavy atom. The molecular formula is C31H29F2N2O3S+. The molecule has 4 heterocycles. The summed E-state index contributed by atoms with van der Waals surface area (Å²) < 4.78 is 35.6. The van der Waals surface area contributed by atoms with Gasteiger partial charge in [-0.05, 0) is 76.3 Å². The first-order valence-corrected chi connectivity index (χ1v) is 14.1. The maximum Gasteiger partial charge on any atom is 0.408 e. The maximum absolute atomic E-state index is 14.0. The third-order valence-corrected chi connectivity index (χ3v) is 9.08. The highest BCUT2D eigenvalue weighted by atomic mass is 32.1. The number of ketones is 1. The van der Waals surface area contributed by atoms with Gasteiger partial charge in [0, 0.05) is 23.1 Å². The largest absolute Gasteiger partial charge is 0.436 e. The van der Waals surface area contributed by atoms with Crippen LogP contribution in [0.25, 0.3) is 10.1 Å². The van der Waals surface area contributed by atoms with Crippen molar-refractivity contribution in [3.63, 3.8) is 0 Å². The van der Waals surface area contributed by atoms with E-state index in [1.165, 1.54) is 36.4 Å². The Bertz CT molecular complexity index is 1480. The number of Topliss-reactive ketones (excluding diaryl/α,β-unsaturated/α-hetero) is 1. The molecule has 0 unspecified atom stereocenters. The van der Waals surface area contributed by atoms with E-state index in [0.29, 0.717) is 34.6 Å². The molecule has 2 bridgehead atoms. The molecule has 3 aromatic carbocycles. The van der Waals surface area contributed by atoms with Crippen LogP contribution in [0.2, 0.25) is 0 Å². The number of benzene rings is 3. The summed E-state index contributed by atoms with van der Waals surface area (Å²) in [5, 5.41) is 6.14. The number of carbonyl (C=O) groups is 2. The van der Waals surface area contributed by atoms with Crippen LogP contribution in [0.15, 0.2) is 78.2 Å². The third-order valence-electron chi connectivity index (χ3n) is 8.19. The number of nitrogens with zero attached hydrogens (tertiary/aromatic N) is 1. The van der Waals surface area contributed by atoms with Crippen LogP contribution in [0.3, 0.4) is 0 Å². The average molecular weight is 548 g/mol. The normalized spacial score (nSPS) is 22.2. The molecule has 0 radical (unpaired) electrons. The number of quaternary nitrogens is 1. The first-order valence-electron chi connectivity index (χ1n) is 13.2. The monoisotopic (exact) mass is 547 g/mol. The van der Waals surface area contributed by atoms with E-state index in [1.807, 2.05) is 29.6 Å². The van der Waals surface area contributed by atoms with Crippen molar-refractivity contribution >= 4 is 33.3 Å². The summed E-state index contributed by atoms with van der Waals surface area (Å²) >= 11 is 1.66. The standard InChI is InChI=1S/C31H28F2N2O3S/c32-25-5-1-3-23(16-25)30(24-4-2-6-26(33)17-24)38-31(37)34-27-18-35(12-9-20(27)10-13-35)19-28(36)21-7-8-29-22(15-21)11-14-39-29/h1-8,11,14-17,20,27,30H,9-10,12-13,18-19H2/p+1/t20?,27-,35?/m0/s1. The van der Waals surface area contributed by atoms with E-state index in [1.54, 1.807) is 23.5 Å². The van der Waals surface area contributed by atoms with Gasteiger partial charge in [-0.2, -0.15) is 0 Å². The van der Waals surface area contributed by atoms with Crippen molar-refractivity contribution in [1.29, 1.82) is 0 Å². The Morgan fingerprint density at radius 2 is 1.64 bits per heavy atom. The number of fused-ring (bicyclic) bond motifs is 4. The number of amides is 1. The fourth-order valence-corrected chi connectivity index (χ4v) is 6.94. The van der Waals surface area contributed by atoms with Gasteiger partial charge in [-0.1, -0.05) is 24.3 Å². The van der Waals surface area contributed by atoms with Crippen molar-refractivity contribution < 1.29 is 27.6 Å². The van der Waals surface area contributed by atoms with Crippen molar-refractivity contribution in [2.24, 2.45) is 5.92 Å². The smallest absolute Gasteiger partial charge is 0.408 e. The molecule has 39 heavy (non-hydrogen) atoms. The minimum absolute atomic E-state index is 0.113. The van der Waals surface area contributed by atoms with E-state index in [4.69, 9.17) is 4.74 Å². The first kappa shape index (κ1) is 25.6. The summed E-state index contributed by atoms with van der Waals surface area (Å²) in [6.45, 7) is 2.85. The molecule has 200 valence electrons. The van der Waals surface area contributed by atoms with E-state index < -0.39 is 23.8 Å². The van der Waals surface area contributed by atoms with Crippen LogP contribution in [-0.4, -0.2) is 48.6 Å². The second-order valence-electron chi connectivity index (χ2n) is 10.7. The van der Waals surface area contributed by atoms with Gasteiger partial charge in [0.1, 0.15) is 18.2 Å². The van der Waals surface area contributed by atoms with Crippen molar-refractivity contribution in [1.82, 2.24) is 5.32 Å². The van der Waals surface area contributed by atoms with E-state index in [-0.39, 0.29) is 11.8 Å². The van der Waals surface area contributed by atoms with Crippen LogP contribution in [0.4, 0.5) is 13.6 Å². The fraction of sp³-hybridized carbons (Fsp3) is 0.290. The molecule has 8 heteroatoms. The highest BCUT2D eigenvalue weighted by Crippen LogP contribution is 2.35. The van der Waals surface area contributed by atoms with Gasteiger partial charge in [0.15, 0.2) is 6.10 Å². The van der Waals surface area contributed by atoms with E-state index in [9.17, 15) is 18.4 Å². The third kappa shape index (κ3) is 5.44. The molecule has 4 aromatic rings.